The minimum atomic E-state index is 0.606. The van der Waals surface area contributed by atoms with Gasteiger partial charge in [0.25, 0.3) is 0 Å². The molecule has 0 saturated carbocycles. The van der Waals surface area contributed by atoms with Gasteiger partial charge in [-0.25, -0.2) is 0 Å². The van der Waals surface area contributed by atoms with Crippen LogP contribution in [0.3, 0.4) is 0 Å². The van der Waals surface area contributed by atoms with E-state index in [1.165, 1.54) is 0 Å². The summed E-state index contributed by atoms with van der Waals surface area (Å²) in [5.74, 6) is 2.45. The number of ether oxygens (including phenoxy) is 3. The molecular weight excluding hydrogens is 334 g/mol. The Labute approximate surface area is 132 Å². The molecule has 110 valence electrons. The van der Waals surface area contributed by atoms with Crippen LogP contribution in [0.4, 0.5) is 5.69 Å². The summed E-state index contributed by atoms with van der Waals surface area (Å²) in [6.45, 7) is 1.94. The Hall–Kier alpha value is -1.88. The van der Waals surface area contributed by atoms with Gasteiger partial charge in [-0.2, -0.15) is 0 Å². The highest BCUT2D eigenvalue weighted by atomic mass is 79.9. The first-order valence-corrected chi connectivity index (χ1v) is 7.51. The van der Waals surface area contributed by atoms with Gasteiger partial charge >= 0.3 is 0 Å². The average molecular weight is 350 g/mol. The molecule has 4 nitrogen and oxygen atoms in total. The van der Waals surface area contributed by atoms with Crippen LogP contribution >= 0.6 is 15.9 Å². The fourth-order valence-electron chi connectivity index (χ4n) is 2.18. The van der Waals surface area contributed by atoms with Crippen molar-refractivity contribution in [2.24, 2.45) is 0 Å². The molecular formula is C16H16BrNO3. The third-order valence-corrected chi connectivity index (χ3v) is 3.87. The van der Waals surface area contributed by atoms with Gasteiger partial charge in [0, 0.05) is 12.2 Å². The van der Waals surface area contributed by atoms with Crippen molar-refractivity contribution in [3.8, 4) is 17.2 Å². The molecule has 0 radical (unpaired) electrons. The summed E-state index contributed by atoms with van der Waals surface area (Å²) >= 11 is 3.48. The smallest absolute Gasteiger partial charge is 0.161 e. The first-order chi connectivity index (χ1) is 10.3. The van der Waals surface area contributed by atoms with Gasteiger partial charge in [-0.15, -0.1) is 0 Å². The Morgan fingerprint density at radius 1 is 1.10 bits per heavy atom. The number of anilines is 1. The standard InChI is InChI=1S/C16H16BrNO3/c1-19-14-5-3-12(9-13(14)17)18-10-11-2-4-15-16(8-11)21-7-6-20-15/h2-5,8-9,18H,6-7,10H2,1H3. The normalized spacial score (nSPS) is 12.9. The Bertz CT molecular complexity index is 645. The van der Waals surface area contributed by atoms with E-state index in [0.717, 1.165) is 39.5 Å². The number of fused-ring (bicyclic) bond motifs is 1. The highest BCUT2D eigenvalue weighted by molar-refractivity contribution is 9.10. The summed E-state index contributed by atoms with van der Waals surface area (Å²) in [4.78, 5) is 0. The summed E-state index contributed by atoms with van der Waals surface area (Å²) in [6, 6.07) is 11.9. The summed E-state index contributed by atoms with van der Waals surface area (Å²) in [7, 11) is 1.66. The van der Waals surface area contributed by atoms with E-state index in [1.807, 2.05) is 36.4 Å². The molecule has 0 aliphatic carbocycles. The van der Waals surface area contributed by atoms with Gasteiger partial charge in [-0.05, 0) is 51.8 Å². The van der Waals surface area contributed by atoms with Crippen molar-refractivity contribution in [1.29, 1.82) is 0 Å². The first kappa shape index (κ1) is 14.1. The molecule has 2 aromatic carbocycles. The minimum Gasteiger partial charge on any atom is -0.496 e. The molecule has 0 bridgehead atoms. The van der Waals surface area contributed by atoms with Gasteiger partial charge in [0.2, 0.25) is 0 Å². The molecule has 1 heterocycles. The van der Waals surface area contributed by atoms with Gasteiger partial charge in [0.15, 0.2) is 11.5 Å². The molecule has 3 rings (SSSR count). The quantitative estimate of drug-likeness (QED) is 0.910. The number of nitrogens with one attached hydrogen (secondary N) is 1. The zero-order chi connectivity index (χ0) is 14.7. The number of hydrogen-bond acceptors (Lipinski definition) is 4. The summed E-state index contributed by atoms with van der Waals surface area (Å²) < 4.78 is 17.3. The maximum atomic E-state index is 5.59. The number of rotatable bonds is 4. The Morgan fingerprint density at radius 2 is 1.90 bits per heavy atom. The Morgan fingerprint density at radius 3 is 2.67 bits per heavy atom. The van der Waals surface area contributed by atoms with E-state index < -0.39 is 0 Å². The third-order valence-electron chi connectivity index (χ3n) is 3.26. The summed E-state index contributed by atoms with van der Waals surface area (Å²) in [6.07, 6.45) is 0. The van der Waals surface area contributed by atoms with Crippen molar-refractivity contribution in [1.82, 2.24) is 0 Å². The van der Waals surface area contributed by atoms with E-state index in [2.05, 4.69) is 21.2 Å². The monoisotopic (exact) mass is 349 g/mol. The first-order valence-electron chi connectivity index (χ1n) is 6.72. The van der Waals surface area contributed by atoms with Crippen LogP contribution in [0.5, 0.6) is 17.2 Å². The van der Waals surface area contributed by atoms with Crippen LogP contribution in [0.2, 0.25) is 0 Å². The molecule has 0 amide bonds. The van der Waals surface area contributed by atoms with Gasteiger partial charge < -0.3 is 19.5 Å². The van der Waals surface area contributed by atoms with Crippen molar-refractivity contribution in [3.63, 3.8) is 0 Å². The van der Waals surface area contributed by atoms with E-state index >= 15 is 0 Å². The topological polar surface area (TPSA) is 39.7 Å². The van der Waals surface area contributed by atoms with Gasteiger partial charge in [-0.1, -0.05) is 6.07 Å². The van der Waals surface area contributed by atoms with E-state index in [9.17, 15) is 0 Å². The molecule has 0 spiro atoms. The van der Waals surface area contributed by atoms with Gasteiger partial charge in [0.05, 0.1) is 11.6 Å². The lowest BCUT2D eigenvalue weighted by atomic mass is 10.2. The second-order valence-corrected chi connectivity index (χ2v) is 5.54. The molecule has 1 aliphatic heterocycles. The number of halogens is 1. The summed E-state index contributed by atoms with van der Waals surface area (Å²) in [5.41, 5.74) is 2.17. The van der Waals surface area contributed by atoms with Crippen LogP contribution in [0.15, 0.2) is 40.9 Å². The molecule has 21 heavy (non-hydrogen) atoms. The van der Waals surface area contributed by atoms with Gasteiger partial charge in [-0.3, -0.25) is 0 Å². The van der Waals surface area contributed by atoms with Crippen molar-refractivity contribution >= 4 is 21.6 Å². The Balaban J connectivity index is 1.68. The highest BCUT2D eigenvalue weighted by Gasteiger charge is 2.11. The molecule has 0 unspecified atom stereocenters. The molecule has 2 aromatic rings. The van der Waals surface area contributed by atoms with Crippen LogP contribution in [0, 0.1) is 0 Å². The number of benzene rings is 2. The van der Waals surface area contributed by atoms with E-state index in [4.69, 9.17) is 14.2 Å². The highest BCUT2D eigenvalue weighted by Crippen LogP contribution is 2.31. The SMILES string of the molecule is COc1ccc(NCc2ccc3c(c2)OCCO3)cc1Br. The molecule has 0 saturated heterocycles. The lowest BCUT2D eigenvalue weighted by molar-refractivity contribution is 0.171. The molecule has 0 atom stereocenters. The van der Waals surface area contributed by atoms with Crippen molar-refractivity contribution in [3.05, 3.63) is 46.4 Å². The van der Waals surface area contributed by atoms with Gasteiger partial charge in [0.1, 0.15) is 19.0 Å². The minimum absolute atomic E-state index is 0.606. The maximum Gasteiger partial charge on any atom is 0.161 e. The van der Waals surface area contributed by atoms with Crippen LogP contribution in [-0.2, 0) is 6.54 Å². The van der Waals surface area contributed by atoms with Crippen LogP contribution in [-0.4, -0.2) is 20.3 Å². The third kappa shape index (κ3) is 3.24. The molecule has 1 N–H and O–H groups in total. The zero-order valence-electron chi connectivity index (χ0n) is 11.7. The zero-order valence-corrected chi connectivity index (χ0v) is 13.3. The maximum absolute atomic E-state index is 5.59. The lowest BCUT2D eigenvalue weighted by Gasteiger charge is -2.19. The van der Waals surface area contributed by atoms with Crippen LogP contribution < -0.4 is 19.5 Å². The lowest BCUT2D eigenvalue weighted by Crippen LogP contribution is -2.15. The predicted molar refractivity (Wildman–Crippen MR) is 85.5 cm³/mol. The van der Waals surface area contributed by atoms with Crippen molar-refractivity contribution < 1.29 is 14.2 Å². The second kappa shape index (κ2) is 6.26. The largest absolute Gasteiger partial charge is 0.496 e. The molecule has 0 fully saturated rings. The molecule has 5 heteroatoms. The predicted octanol–water partition coefficient (Wildman–Crippen LogP) is 3.84. The Kier molecular flexibility index (Phi) is 4.20. The van der Waals surface area contributed by atoms with Crippen LogP contribution in [0.1, 0.15) is 5.56 Å². The molecule has 0 aromatic heterocycles. The number of methoxy groups -OCH3 is 1. The second-order valence-electron chi connectivity index (χ2n) is 4.68. The van der Waals surface area contributed by atoms with E-state index in [0.29, 0.717) is 13.2 Å². The summed E-state index contributed by atoms with van der Waals surface area (Å²) in [5, 5.41) is 3.38. The van der Waals surface area contributed by atoms with Crippen molar-refractivity contribution in [2.45, 2.75) is 6.54 Å². The number of hydrogen-bond donors (Lipinski definition) is 1. The van der Waals surface area contributed by atoms with Crippen molar-refractivity contribution in [2.75, 3.05) is 25.6 Å². The van der Waals surface area contributed by atoms with Crippen LogP contribution in [0.25, 0.3) is 0 Å². The average Bonchev–Trinajstić information content (AvgIpc) is 2.53. The molecule has 1 aliphatic rings. The van der Waals surface area contributed by atoms with E-state index in [1.54, 1.807) is 7.11 Å². The fourth-order valence-corrected chi connectivity index (χ4v) is 2.72. The van der Waals surface area contributed by atoms with E-state index in [-0.39, 0.29) is 0 Å². The fraction of sp³-hybridized carbons (Fsp3) is 0.250.